The molecule has 0 aliphatic rings. The van der Waals surface area contributed by atoms with E-state index in [0.29, 0.717) is 0 Å². The van der Waals surface area contributed by atoms with Crippen molar-refractivity contribution in [2.75, 3.05) is 13.1 Å². The van der Waals surface area contributed by atoms with E-state index in [0.717, 1.165) is 17.7 Å². The summed E-state index contributed by atoms with van der Waals surface area (Å²) in [6.45, 7) is -0.475. The molecule has 0 unspecified atom stereocenters. The van der Waals surface area contributed by atoms with Gasteiger partial charge < -0.3 is 15.4 Å². The van der Waals surface area contributed by atoms with Crippen LogP contribution in [0.4, 0.5) is 4.39 Å². The first kappa shape index (κ1) is 18.1. The Morgan fingerprint density at radius 2 is 1.56 bits per heavy atom. The van der Waals surface area contributed by atoms with Crippen LogP contribution in [-0.4, -0.2) is 30.9 Å². The molecule has 0 fully saturated rings. The van der Waals surface area contributed by atoms with E-state index in [9.17, 15) is 18.8 Å². The van der Waals surface area contributed by atoms with Gasteiger partial charge in [0.15, 0.2) is 0 Å². The molecule has 7 heteroatoms. The van der Waals surface area contributed by atoms with E-state index >= 15 is 0 Å². The number of amides is 2. The lowest BCUT2D eigenvalue weighted by atomic mass is 10.2. The number of hydrogen-bond acceptors (Lipinski definition) is 4. The second-order valence-corrected chi connectivity index (χ2v) is 5.11. The largest absolute Gasteiger partial charge is 0.460 e. The molecular weight excluding hydrogens is 327 g/mol. The first-order valence-corrected chi connectivity index (χ1v) is 7.54. The molecule has 130 valence electrons. The molecule has 0 radical (unpaired) electrons. The van der Waals surface area contributed by atoms with Crippen molar-refractivity contribution < 1.29 is 23.5 Å². The minimum atomic E-state index is -0.581. The van der Waals surface area contributed by atoms with Crippen molar-refractivity contribution in [3.63, 3.8) is 0 Å². The van der Waals surface area contributed by atoms with Crippen LogP contribution in [0.15, 0.2) is 54.6 Å². The number of carbonyl (C=O) groups excluding carboxylic acids is 3. The quantitative estimate of drug-likeness (QED) is 0.744. The Hall–Kier alpha value is -3.22. The summed E-state index contributed by atoms with van der Waals surface area (Å²) >= 11 is 0. The van der Waals surface area contributed by atoms with Crippen molar-refractivity contribution in [3.05, 3.63) is 71.5 Å². The van der Waals surface area contributed by atoms with E-state index in [1.165, 1.54) is 12.1 Å². The first-order chi connectivity index (χ1) is 12.0. The van der Waals surface area contributed by atoms with Gasteiger partial charge in [0, 0.05) is 5.56 Å². The summed E-state index contributed by atoms with van der Waals surface area (Å²) < 4.78 is 17.8. The lowest BCUT2D eigenvalue weighted by Gasteiger charge is -2.08. The van der Waals surface area contributed by atoms with Gasteiger partial charge in [0.25, 0.3) is 5.91 Å². The molecule has 0 aliphatic carbocycles. The minimum Gasteiger partial charge on any atom is -0.460 e. The molecule has 0 aromatic heterocycles. The van der Waals surface area contributed by atoms with Crippen LogP contribution in [0.2, 0.25) is 0 Å². The number of carbonyl (C=O) groups is 3. The number of ether oxygens (including phenoxy) is 1. The number of nitrogens with one attached hydrogen (secondary N) is 2. The SMILES string of the molecule is O=C(CNC(=O)c1ccc(F)cc1)NCC(=O)OCc1ccccc1. The standard InChI is InChI=1S/C18H17FN2O4/c19-15-8-6-14(7-9-15)18(24)21-10-16(22)20-11-17(23)25-12-13-4-2-1-3-5-13/h1-9H,10-12H2,(H,20,22)(H,21,24). The average Bonchev–Trinajstić information content (AvgIpc) is 2.64. The molecular formula is C18H17FN2O4. The Morgan fingerprint density at radius 3 is 2.24 bits per heavy atom. The fourth-order valence-corrected chi connectivity index (χ4v) is 1.89. The van der Waals surface area contributed by atoms with Crippen molar-refractivity contribution >= 4 is 17.8 Å². The minimum absolute atomic E-state index is 0.122. The van der Waals surface area contributed by atoms with Gasteiger partial charge in [-0.25, -0.2) is 4.39 Å². The van der Waals surface area contributed by atoms with Crippen LogP contribution in [0.25, 0.3) is 0 Å². The number of benzene rings is 2. The Bertz CT molecular complexity index is 733. The number of halogens is 1. The molecule has 0 saturated carbocycles. The molecule has 0 heterocycles. The van der Waals surface area contributed by atoms with E-state index in [-0.39, 0.29) is 25.3 Å². The molecule has 2 aromatic carbocycles. The van der Waals surface area contributed by atoms with Crippen LogP contribution in [0.5, 0.6) is 0 Å². The third kappa shape index (κ3) is 6.42. The third-order valence-corrected chi connectivity index (χ3v) is 3.19. The van der Waals surface area contributed by atoms with Gasteiger partial charge in [0.2, 0.25) is 5.91 Å². The maximum Gasteiger partial charge on any atom is 0.325 e. The van der Waals surface area contributed by atoms with Gasteiger partial charge in [-0.15, -0.1) is 0 Å². The molecule has 6 nitrogen and oxygen atoms in total. The third-order valence-electron chi connectivity index (χ3n) is 3.19. The molecule has 2 amide bonds. The molecule has 0 bridgehead atoms. The first-order valence-electron chi connectivity index (χ1n) is 7.54. The van der Waals surface area contributed by atoms with Gasteiger partial charge >= 0.3 is 5.97 Å². The van der Waals surface area contributed by atoms with E-state index in [4.69, 9.17) is 4.74 Å². The molecule has 2 N–H and O–H groups in total. The molecule has 2 aromatic rings. The highest BCUT2D eigenvalue weighted by Crippen LogP contribution is 2.02. The molecule has 25 heavy (non-hydrogen) atoms. The second-order valence-electron chi connectivity index (χ2n) is 5.11. The number of hydrogen-bond donors (Lipinski definition) is 2. The molecule has 0 atom stereocenters. The Morgan fingerprint density at radius 1 is 0.880 bits per heavy atom. The van der Waals surface area contributed by atoms with Crippen LogP contribution >= 0.6 is 0 Å². The van der Waals surface area contributed by atoms with Crippen LogP contribution < -0.4 is 10.6 Å². The highest BCUT2D eigenvalue weighted by molar-refractivity contribution is 5.96. The lowest BCUT2D eigenvalue weighted by molar-refractivity contribution is -0.145. The molecule has 2 rings (SSSR count). The summed E-state index contributed by atoms with van der Waals surface area (Å²) in [5.74, 6) is -2.08. The molecule has 0 spiro atoms. The maximum atomic E-state index is 12.8. The van der Waals surface area contributed by atoms with Crippen LogP contribution in [-0.2, 0) is 20.9 Å². The number of esters is 1. The van der Waals surface area contributed by atoms with Crippen molar-refractivity contribution in [1.29, 1.82) is 0 Å². The van der Waals surface area contributed by atoms with Gasteiger partial charge in [-0.2, -0.15) is 0 Å². The van der Waals surface area contributed by atoms with E-state index in [2.05, 4.69) is 10.6 Å². The topological polar surface area (TPSA) is 84.5 Å². The summed E-state index contributed by atoms with van der Waals surface area (Å²) in [6.07, 6.45) is 0. The van der Waals surface area contributed by atoms with Crippen molar-refractivity contribution in [2.45, 2.75) is 6.61 Å². The van der Waals surface area contributed by atoms with Gasteiger partial charge in [0.05, 0.1) is 6.54 Å². The lowest BCUT2D eigenvalue weighted by Crippen LogP contribution is -2.39. The average molecular weight is 344 g/mol. The Kier molecular flexibility index (Phi) is 6.65. The van der Waals surface area contributed by atoms with Gasteiger partial charge in [-0.3, -0.25) is 14.4 Å². The summed E-state index contributed by atoms with van der Waals surface area (Å²) in [5.41, 5.74) is 1.07. The summed E-state index contributed by atoms with van der Waals surface area (Å²) in [4.78, 5) is 34.9. The fraction of sp³-hybridized carbons (Fsp3) is 0.167. The van der Waals surface area contributed by atoms with Crippen LogP contribution in [0, 0.1) is 5.82 Å². The van der Waals surface area contributed by atoms with Gasteiger partial charge in [0.1, 0.15) is 19.0 Å². The molecule has 0 saturated heterocycles. The zero-order chi connectivity index (χ0) is 18.1. The van der Waals surface area contributed by atoms with Gasteiger partial charge in [-0.05, 0) is 29.8 Å². The summed E-state index contributed by atoms with van der Waals surface area (Å²) in [5, 5.41) is 4.72. The highest BCUT2D eigenvalue weighted by Gasteiger charge is 2.10. The normalized spacial score (nSPS) is 9.96. The van der Waals surface area contributed by atoms with E-state index in [1.807, 2.05) is 30.3 Å². The fourth-order valence-electron chi connectivity index (χ4n) is 1.89. The highest BCUT2D eigenvalue weighted by atomic mass is 19.1. The smallest absolute Gasteiger partial charge is 0.325 e. The van der Waals surface area contributed by atoms with Crippen molar-refractivity contribution in [2.24, 2.45) is 0 Å². The number of rotatable bonds is 7. The predicted molar refractivity (Wildman–Crippen MR) is 88.0 cm³/mol. The second kappa shape index (κ2) is 9.17. The molecule has 0 aliphatic heterocycles. The van der Waals surface area contributed by atoms with E-state index < -0.39 is 23.6 Å². The van der Waals surface area contributed by atoms with E-state index in [1.54, 1.807) is 0 Å². The Balaban J connectivity index is 1.65. The van der Waals surface area contributed by atoms with Gasteiger partial charge in [-0.1, -0.05) is 30.3 Å². The maximum absolute atomic E-state index is 12.8. The monoisotopic (exact) mass is 344 g/mol. The van der Waals surface area contributed by atoms with Crippen molar-refractivity contribution in [3.8, 4) is 0 Å². The zero-order valence-corrected chi connectivity index (χ0v) is 13.3. The Labute approximate surface area is 144 Å². The van der Waals surface area contributed by atoms with Crippen molar-refractivity contribution in [1.82, 2.24) is 10.6 Å². The zero-order valence-electron chi connectivity index (χ0n) is 13.3. The van der Waals surface area contributed by atoms with Crippen LogP contribution in [0.1, 0.15) is 15.9 Å². The summed E-state index contributed by atoms with van der Waals surface area (Å²) in [6, 6.07) is 14.1. The summed E-state index contributed by atoms with van der Waals surface area (Å²) in [7, 11) is 0. The predicted octanol–water partition coefficient (Wildman–Crippen LogP) is 1.42. The van der Waals surface area contributed by atoms with Crippen LogP contribution in [0.3, 0.4) is 0 Å².